The van der Waals surface area contributed by atoms with Gasteiger partial charge in [-0.25, -0.2) is 4.79 Å². The lowest BCUT2D eigenvalue weighted by Gasteiger charge is -2.09. The van der Waals surface area contributed by atoms with E-state index in [1.54, 1.807) is 42.9 Å². The predicted molar refractivity (Wildman–Crippen MR) is 118 cm³/mol. The molecule has 4 rings (SSSR count). The zero-order chi connectivity index (χ0) is 22.3. The van der Waals surface area contributed by atoms with Crippen LogP contribution in [0, 0.1) is 0 Å². The van der Waals surface area contributed by atoms with Crippen LogP contribution in [0.15, 0.2) is 76.8 Å². The first kappa shape index (κ1) is 21.3. The van der Waals surface area contributed by atoms with Crippen molar-refractivity contribution in [3.8, 4) is 11.4 Å². The second-order valence-electron chi connectivity index (χ2n) is 6.61. The number of carbonyl (C=O) groups excluding carboxylic acids is 2. The van der Waals surface area contributed by atoms with Crippen LogP contribution in [0.1, 0.15) is 16.1 Å². The van der Waals surface area contributed by atoms with Crippen LogP contribution >= 0.6 is 11.8 Å². The number of nitrogens with one attached hydrogen (secondary N) is 1. The van der Waals surface area contributed by atoms with E-state index < -0.39 is 5.97 Å². The summed E-state index contributed by atoms with van der Waals surface area (Å²) in [6.07, 6.45) is 4.98. The number of anilines is 1. The molecular formula is C22H19N5O4S. The number of ether oxygens (including phenoxy) is 1. The highest BCUT2D eigenvalue weighted by Crippen LogP contribution is 2.25. The van der Waals surface area contributed by atoms with E-state index in [0.717, 1.165) is 11.3 Å². The van der Waals surface area contributed by atoms with Gasteiger partial charge in [-0.15, -0.1) is 10.2 Å². The first-order chi connectivity index (χ1) is 15.6. The summed E-state index contributed by atoms with van der Waals surface area (Å²) in [7, 11) is 1.32. The number of amides is 1. The number of hydrogen-bond donors (Lipinski definition) is 1. The van der Waals surface area contributed by atoms with Gasteiger partial charge < -0.3 is 14.5 Å². The second-order valence-corrected chi connectivity index (χ2v) is 7.56. The number of aromatic nitrogens is 4. The normalized spacial score (nSPS) is 10.7. The molecule has 0 bridgehead atoms. The Kier molecular flexibility index (Phi) is 6.61. The Bertz CT molecular complexity index is 1190. The van der Waals surface area contributed by atoms with Gasteiger partial charge in [-0.3, -0.25) is 14.3 Å². The van der Waals surface area contributed by atoms with Crippen LogP contribution < -0.4 is 5.32 Å². The Morgan fingerprint density at radius 1 is 1.09 bits per heavy atom. The third kappa shape index (κ3) is 5.03. The SMILES string of the molecule is COC(=O)c1ccc(NC(=O)CSc2nnc(-c3ccncc3)n2Cc2ccco2)cc1. The van der Waals surface area contributed by atoms with Crippen molar-refractivity contribution in [1.29, 1.82) is 0 Å². The van der Waals surface area contributed by atoms with Gasteiger partial charge in [0, 0.05) is 23.6 Å². The number of pyridine rings is 1. The molecule has 4 aromatic rings. The van der Waals surface area contributed by atoms with Crippen molar-refractivity contribution in [3.05, 3.63) is 78.5 Å². The molecule has 3 aromatic heterocycles. The van der Waals surface area contributed by atoms with Gasteiger partial charge in [0.2, 0.25) is 5.91 Å². The Balaban J connectivity index is 1.46. The lowest BCUT2D eigenvalue weighted by atomic mass is 10.2. The summed E-state index contributed by atoms with van der Waals surface area (Å²) in [5, 5.41) is 12.0. The Morgan fingerprint density at radius 3 is 2.56 bits per heavy atom. The minimum atomic E-state index is -0.431. The van der Waals surface area contributed by atoms with Crippen molar-refractivity contribution in [3.63, 3.8) is 0 Å². The third-order valence-corrected chi connectivity index (χ3v) is 5.44. The van der Waals surface area contributed by atoms with Crippen molar-refractivity contribution in [2.24, 2.45) is 0 Å². The lowest BCUT2D eigenvalue weighted by Crippen LogP contribution is -2.15. The number of benzene rings is 1. The molecule has 0 aliphatic rings. The van der Waals surface area contributed by atoms with Gasteiger partial charge in [0.1, 0.15) is 5.76 Å². The average molecular weight is 449 g/mol. The number of thioether (sulfide) groups is 1. The number of rotatable bonds is 8. The summed E-state index contributed by atoms with van der Waals surface area (Å²) in [5.74, 6) is 0.895. The smallest absolute Gasteiger partial charge is 0.337 e. The summed E-state index contributed by atoms with van der Waals surface area (Å²) in [6.45, 7) is 0.427. The molecule has 0 fully saturated rings. The van der Waals surface area contributed by atoms with Crippen molar-refractivity contribution in [2.75, 3.05) is 18.2 Å². The van der Waals surface area contributed by atoms with E-state index in [9.17, 15) is 9.59 Å². The van der Waals surface area contributed by atoms with E-state index in [-0.39, 0.29) is 11.7 Å². The summed E-state index contributed by atoms with van der Waals surface area (Å²) in [4.78, 5) is 28.0. The van der Waals surface area contributed by atoms with Gasteiger partial charge >= 0.3 is 5.97 Å². The second kappa shape index (κ2) is 9.92. The van der Waals surface area contributed by atoms with Crippen LogP contribution in [-0.2, 0) is 16.1 Å². The molecule has 0 radical (unpaired) electrons. The Hall–Kier alpha value is -3.92. The van der Waals surface area contributed by atoms with Gasteiger partial charge in [-0.05, 0) is 48.5 Å². The van der Waals surface area contributed by atoms with Gasteiger partial charge in [-0.1, -0.05) is 11.8 Å². The minimum absolute atomic E-state index is 0.130. The van der Waals surface area contributed by atoms with Gasteiger partial charge in [0.15, 0.2) is 11.0 Å². The number of carbonyl (C=O) groups is 2. The molecule has 0 unspecified atom stereocenters. The number of methoxy groups -OCH3 is 1. The van der Waals surface area contributed by atoms with Crippen LogP contribution in [-0.4, -0.2) is 44.5 Å². The van der Waals surface area contributed by atoms with Crippen molar-refractivity contribution in [1.82, 2.24) is 19.7 Å². The molecule has 32 heavy (non-hydrogen) atoms. The Morgan fingerprint density at radius 2 is 1.88 bits per heavy atom. The third-order valence-electron chi connectivity index (χ3n) is 4.47. The molecule has 0 aliphatic heterocycles. The molecule has 1 N–H and O–H groups in total. The molecule has 3 heterocycles. The van der Waals surface area contributed by atoms with Gasteiger partial charge in [0.25, 0.3) is 0 Å². The molecule has 0 saturated heterocycles. The lowest BCUT2D eigenvalue weighted by molar-refractivity contribution is -0.113. The molecule has 1 amide bonds. The zero-order valence-electron chi connectivity index (χ0n) is 17.1. The number of nitrogens with zero attached hydrogens (tertiary/aromatic N) is 4. The average Bonchev–Trinajstić information content (AvgIpc) is 3.49. The standard InChI is InChI=1S/C22H19N5O4S/c1-30-21(29)16-4-6-17(7-5-16)24-19(28)14-32-22-26-25-20(15-8-10-23-11-9-15)27(22)13-18-3-2-12-31-18/h2-12H,13-14H2,1H3,(H,24,28). The summed E-state index contributed by atoms with van der Waals surface area (Å²) in [6, 6.07) is 13.9. The number of furan rings is 1. The maximum Gasteiger partial charge on any atom is 0.337 e. The van der Waals surface area contributed by atoms with Crippen LogP contribution in [0.5, 0.6) is 0 Å². The zero-order valence-corrected chi connectivity index (χ0v) is 17.9. The molecule has 1 aromatic carbocycles. The topological polar surface area (TPSA) is 112 Å². The molecule has 0 spiro atoms. The van der Waals surface area contributed by atoms with Crippen molar-refractivity contribution < 1.29 is 18.7 Å². The van der Waals surface area contributed by atoms with E-state index in [1.165, 1.54) is 18.9 Å². The van der Waals surface area contributed by atoms with Gasteiger partial charge in [0.05, 0.1) is 31.2 Å². The fourth-order valence-electron chi connectivity index (χ4n) is 2.95. The predicted octanol–water partition coefficient (Wildman–Crippen LogP) is 3.50. The fourth-order valence-corrected chi connectivity index (χ4v) is 3.68. The first-order valence-electron chi connectivity index (χ1n) is 9.61. The van der Waals surface area contributed by atoms with E-state index >= 15 is 0 Å². The summed E-state index contributed by atoms with van der Waals surface area (Å²) < 4.78 is 12.1. The molecule has 162 valence electrons. The van der Waals surface area contributed by atoms with E-state index in [1.807, 2.05) is 28.8 Å². The molecule has 9 nitrogen and oxygen atoms in total. The highest BCUT2D eigenvalue weighted by Gasteiger charge is 2.17. The Labute approximate surface area is 187 Å². The molecule has 10 heteroatoms. The van der Waals surface area contributed by atoms with Gasteiger partial charge in [-0.2, -0.15) is 0 Å². The molecular weight excluding hydrogens is 430 g/mol. The quantitative estimate of drug-likeness (QED) is 0.321. The maximum absolute atomic E-state index is 12.5. The molecule has 0 aliphatic carbocycles. The van der Waals surface area contributed by atoms with Crippen molar-refractivity contribution >= 4 is 29.3 Å². The minimum Gasteiger partial charge on any atom is -0.467 e. The summed E-state index contributed by atoms with van der Waals surface area (Å²) >= 11 is 1.27. The van der Waals surface area contributed by atoms with Crippen LogP contribution in [0.2, 0.25) is 0 Å². The monoisotopic (exact) mass is 449 g/mol. The number of hydrogen-bond acceptors (Lipinski definition) is 8. The van der Waals surface area contributed by atoms with E-state index in [4.69, 9.17) is 4.42 Å². The first-order valence-corrected chi connectivity index (χ1v) is 10.6. The molecule has 0 atom stereocenters. The maximum atomic E-state index is 12.5. The van der Waals surface area contributed by atoms with Crippen LogP contribution in [0.3, 0.4) is 0 Å². The number of esters is 1. The van der Waals surface area contributed by atoms with E-state index in [2.05, 4.69) is 25.2 Å². The highest BCUT2D eigenvalue weighted by atomic mass is 32.2. The van der Waals surface area contributed by atoms with Crippen molar-refractivity contribution in [2.45, 2.75) is 11.7 Å². The van der Waals surface area contributed by atoms with Crippen LogP contribution in [0.4, 0.5) is 5.69 Å². The largest absolute Gasteiger partial charge is 0.467 e. The van der Waals surface area contributed by atoms with E-state index in [0.29, 0.717) is 28.8 Å². The molecule has 0 saturated carbocycles. The summed E-state index contributed by atoms with van der Waals surface area (Å²) in [5.41, 5.74) is 1.85. The highest BCUT2D eigenvalue weighted by molar-refractivity contribution is 7.99. The van der Waals surface area contributed by atoms with Crippen LogP contribution in [0.25, 0.3) is 11.4 Å². The fraction of sp³-hybridized carbons (Fsp3) is 0.136.